The van der Waals surface area contributed by atoms with Crippen LogP contribution >= 0.6 is 11.3 Å². The van der Waals surface area contributed by atoms with Crippen LogP contribution in [0, 0.1) is 5.92 Å². The number of aliphatic carboxylic acids is 1. The molecule has 1 aromatic rings. The van der Waals surface area contributed by atoms with E-state index in [9.17, 15) is 14.7 Å². The molecule has 0 fully saturated rings. The van der Waals surface area contributed by atoms with Crippen molar-refractivity contribution in [1.29, 1.82) is 0 Å². The molecule has 2 heterocycles. The molecule has 1 aliphatic rings. The standard InChI is InChI=1S/C14H19NO4S/c1-3-8(2)12(14(17)18)15-13(16)11-6-9-7-19-5-4-10(9)20-11/h6,8,12H,3-5,7H2,1-2H3,(H,15,16)(H,17,18)/t8-,12-/m0/s1. The van der Waals surface area contributed by atoms with Crippen molar-refractivity contribution >= 4 is 23.2 Å². The van der Waals surface area contributed by atoms with E-state index >= 15 is 0 Å². The van der Waals surface area contributed by atoms with E-state index in [-0.39, 0.29) is 11.8 Å². The third kappa shape index (κ3) is 3.19. The van der Waals surface area contributed by atoms with Crippen LogP contribution in [0.3, 0.4) is 0 Å². The van der Waals surface area contributed by atoms with Crippen LogP contribution in [0.1, 0.15) is 40.4 Å². The summed E-state index contributed by atoms with van der Waals surface area (Å²) in [4.78, 5) is 25.2. The average molecular weight is 297 g/mol. The molecule has 2 atom stereocenters. The number of fused-ring (bicyclic) bond motifs is 1. The number of hydrogen-bond acceptors (Lipinski definition) is 4. The van der Waals surface area contributed by atoms with Gasteiger partial charge < -0.3 is 15.2 Å². The van der Waals surface area contributed by atoms with Crippen LogP contribution in [0.15, 0.2) is 6.07 Å². The van der Waals surface area contributed by atoms with Gasteiger partial charge in [-0.2, -0.15) is 0 Å². The predicted molar refractivity (Wildman–Crippen MR) is 76.0 cm³/mol. The lowest BCUT2D eigenvalue weighted by molar-refractivity contribution is -0.140. The average Bonchev–Trinajstić information content (AvgIpc) is 2.87. The Labute approximate surface area is 121 Å². The molecule has 0 spiro atoms. The number of carbonyl (C=O) groups excluding carboxylic acids is 1. The number of nitrogens with one attached hydrogen (secondary N) is 1. The fraction of sp³-hybridized carbons (Fsp3) is 0.571. The minimum atomic E-state index is -0.989. The second-order valence-electron chi connectivity index (χ2n) is 5.04. The van der Waals surface area contributed by atoms with E-state index < -0.39 is 12.0 Å². The van der Waals surface area contributed by atoms with Crippen LogP contribution in [0.5, 0.6) is 0 Å². The molecular formula is C14H19NO4S. The van der Waals surface area contributed by atoms with E-state index in [1.807, 2.05) is 19.9 Å². The fourth-order valence-corrected chi connectivity index (χ4v) is 3.21. The quantitative estimate of drug-likeness (QED) is 0.872. The first-order valence-corrected chi connectivity index (χ1v) is 7.57. The zero-order valence-electron chi connectivity index (χ0n) is 11.6. The number of amides is 1. The molecule has 0 radical (unpaired) electrons. The molecular weight excluding hydrogens is 278 g/mol. The Bertz CT molecular complexity index is 488. The van der Waals surface area contributed by atoms with Crippen LogP contribution in [0.2, 0.25) is 0 Å². The zero-order chi connectivity index (χ0) is 14.7. The Morgan fingerprint density at radius 1 is 1.55 bits per heavy atom. The Hall–Kier alpha value is -1.40. The van der Waals surface area contributed by atoms with Crippen LogP contribution in [0.25, 0.3) is 0 Å². The number of thiophene rings is 1. The number of rotatable bonds is 5. The summed E-state index contributed by atoms with van der Waals surface area (Å²) in [6.45, 7) is 4.95. The first-order valence-electron chi connectivity index (χ1n) is 6.76. The molecule has 0 saturated heterocycles. The van der Waals surface area contributed by atoms with E-state index in [0.29, 0.717) is 24.5 Å². The third-order valence-corrected chi connectivity index (χ3v) is 4.85. The minimum absolute atomic E-state index is 0.102. The lowest BCUT2D eigenvalue weighted by atomic mass is 9.99. The Morgan fingerprint density at radius 3 is 2.90 bits per heavy atom. The Morgan fingerprint density at radius 2 is 2.30 bits per heavy atom. The summed E-state index contributed by atoms with van der Waals surface area (Å²) < 4.78 is 5.34. The zero-order valence-corrected chi connectivity index (χ0v) is 12.5. The summed E-state index contributed by atoms with van der Waals surface area (Å²) in [6.07, 6.45) is 1.52. The van der Waals surface area contributed by atoms with E-state index in [4.69, 9.17) is 4.74 Å². The number of carboxylic acid groups (broad SMARTS) is 1. The summed E-state index contributed by atoms with van der Waals surface area (Å²) in [5, 5.41) is 11.8. The minimum Gasteiger partial charge on any atom is -0.480 e. The first-order chi connectivity index (χ1) is 9.52. The van der Waals surface area contributed by atoms with Gasteiger partial charge in [0, 0.05) is 11.3 Å². The lowest BCUT2D eigenvalue weighted by Gasteiger charge is -2.19. The molecule has 0 aromatic carbocycles. The fourth-order valence-electron chi connectivity index (χ4n) is 2.15. The van der Waals surface area contributed by atoms with Gasteiger partial charge in [0.15, 0.2) is 0 Å². The molecule has 110 valence electrons. The van der Waals surface area contributed by atoms with Crippen molar-refractivity contribution < 1.29 is 19.4 Å². The van der Waals surface area contributed by atoms with Crippen molar-refractivity contribution in [3.05, 3.63) is 21.4 Å². The largest absolute Gasteiger partial charge is 0.480 e. The number of carboxylic acids is 1. The monoisotopic (exact) mass is 297 g/mol. The van der Waals surface area contributed by atoms with Gasteiger partial charge in [-0.25, -0.2) is 4.79 Å². The molecule has 6 heteroatoms. The van der Waals surface area contributed by atoms with Gasteiger partial charge in [0.05, 0.1) is 18.1 Å². The number of carbonyl (C=O) groups is 2. The molecule has 20 heavy (non-hydrogen) atoms. The smallest absolute Gasteiger partial charge is 0.326 e. The molecule has 0 aliphatic carbocycles. The summed E-state index contributed by atoms with van der Waals surface area (Å²) in [6, 6.07) is 0.965. The van der Waals surface area contributed by atoms with Gasteiger partial charge in [0.2, 0.25) is 0 Å². The Kier molecular flexibility index (Phi) is 4.77. The summed E-state index contributed by atoms with van der Waals surface area (Å²) in [7, 11) is 0. The van der Waals surface area contributed by atoms with Crippen molar-refractivity contribution in [1.82, 2.24) is 5.32 Å². The second kappa shape index (κ2) is 6.37. The normalized spacial score (nSPS) is 17.1. The van der Waals surface area contributed by atoms with Gasteiger partial charge in [-0.3, -0.25) is 4.79 Å². The van der Waals surface area contributed by atoms with Gasteiger partial charge in [-0.05, 0) is 17.5 Å². The van der Waals surface area contributed by atoms with Crippen molar-refractivity contribution in [2.45, 2.75) is 39.3 Å². The molecule has 1 aromatic heterocycles. The topological polar surface area (TPSA) is 75.6 Å². The number of ether oxygens (including phenoxy) is 1. The highest BCUT2D eigenvalue weighted by Gasteiger charge is 2.27. The molecule has 2 rings (SSSR count). The maximum Gasteiger partial charge on any atom is 0.326 e. The van der Waals surface area contributed by atoms with E-state index in [1.165, 1.54) is 11.3 Å². The van der Waals surface area contributed by atoms with Gasteiger partial charge >= 0.3 is 5.97 Å². The Balaban J connectivity index is 2.10. The van der Waals surface area contributed by atoms with Gasteiger partial charge in [-0.1, -0.05) is 20.3 Å². The highest BCUT2D eigenvalue weighted by Crippen LogP contribution is 2.27. The maximum atomic E-state index is 12.2. The van der Waals surface area contributed by atoms with Crippen molar-refractivity contribution in [3.8, 4) is 0 Å². The van der Waals surface area contributed by atoms with Gasteiger partial charge in [0.1, 0.15) is 6.04 Å². The first kappa shape index (κ1) is 15.0. The molecule has 1 amide bonds. The van der Waals surface area contributed by atoms with Crippen molar-refractivity contribution in [3.63, 3.8) is 0 Å². The summed E-state index contributed by atoms with van der Waals surface area (Å²) in [5.41, 5.74) is 1.04. The summed E-state index contributed by atoms with van der Waals surface area (Å²) in [5.74, 6) is -1.40. The van der Waals surface area contributed by atoms with Crippen LogP contribution in [-0.4, -0.2) is 29.6 Å². The molecule has 0 bridgehead atoms. The van der Waals surface area contributed by atoms with E-state index in [2.05, 4.69) is 5.32 Å². The second-order valence-corrected chi connectivity index (χ2v) is 6.17. The number of hydrogen-bond donors (Lipinski definition) is 2. The predicted octanol–water partition coefficient (Wildman–Crippen LogP) is 2.05. The van der Waals surface area contributed by atoms with Crippen LogP contribution in [0.4, 0.5) is 0 Å². The highest BCUT2D eigenvalue weighted by atomic mass is 32.1. The van der Waals surface area contributed by atoms with Gasteiger partial charge in [-0.15, -0.1) is 11.3 Å². The lowest BCUT2D eigenvalue weighted by Crippen LogP contribution is -2.44. The molecule has 0 saturated carbocycles. The molecule has 0 unspecified atom stereocenters. The van der Waals surface area contributed by atoms with E-state index in [0.717, 1.165) is 16.9 Å². The SMILES string of the molecule is CC[C@H](C)[C@H](NC(=O)c1cc2c(s1)CCOC2)C(=O)O. The molecule has 5 nitrogen and oxygen atoms in total. The highest BCUT2D eigenvalue weighted by molar-refractivity contribution is 7.14. The van der Waals surface area contributed by atoms with Crippen molar-refractivity contribution in [2.75, 3.05) is 6.61 Å². The maximum absolute atomic E-state index is 12.2. The van der Waals surface area contributed by atoms with Crippen LogP contribution in [-0.2, 0) is 22.6 Å². The summed E-state index contributed by atoms with van der Waals surface area (Å²) >= 11 is 1.43. The van der Waals surface area contributed by atoms with E-state index in [1.54, 1.807) is 0 Å². The van der Waals surface area contributed by atoms with Crippen molar-refractivity contribution in [2.24, 2.45) is 5.92 Å². The molecule has 2 N–H and O–H groups in total. The molecule has 1 aliphatic heterocycles. The third-order valence-electron chi connectivity index (χ3n) is 3.62. The van der Waals surface area contributed by atoms with Crippen LogP contribution < -0.4 is 5.32 Å². The van der Waals surface area contributed by atoms with Gasteiger partial charge in [0.25, 0.3) is 5.91 Å².